The lowest BCUT2D eigenvalue weighted by Crippen LogP contribution is -2.39. The first-order valence-corrected chi connectivity index (χ1v) is 10.3. The van der Waals surface area contributed by atoms with Crippen LogP contribution >= 0.6 is 11.3 Å². The quantitative estimate of drug-likeness (QED) is 0.763. The van der Waals surface area contributed by atoms with Crippen molar-refractivity contribution in [1.82, 2.24) is 15.3 Å². The van der Waals surface area contributed by atoms with Crippen LogP contribution in [0.1, 0.15) is 44.9 Å². The van der Waals surface area contributed by atoms with E-state index in [1.807, 2.05) is 32.7 Å². The molecule has 160 valence electrons. The summed E-state index contributed by atoms with van der Waals surface area (Å²) in [5.41, 5.74) is -0.557. The number of amides is 1. The van der Waals surface area contributed by atoms with Crippen LogP contribution in [0.5, 0.6) is 0 Å². The van der Waals surface area contributed by atoms with Crippen LogP contribution in [0, 0.1) is 0 Å². The molecule has 0 unspecified atom stereocenters. The zero-order chi connectivity index (χ0) is 21.4. The average Bonchev–Trinajstić information content (AvgIpc) is 3.16. The van der Waals surface area contributed by atoms with Crippen LogP contribution in [0.3, 0.4) is 0 Å². The number of nitrogens with one attached hydrogen (secondary N) is 1. The van der Waals surface area contributed by atoms with E-state index in [-0.39, 0.29) is 17.0 Å². The second-order valence-electron chi connectivity index (χ2n) is 8.34. The summed E-state index contributed by atoms with van der Waals surface area (Å²) in [5, 5.41) is 3.52. The van der Waals surface area contributed by atoms with E-state index in [4.69, 9.17) is 4.74 Å². The minimum Gasteiger partial charge on any atom is -0.444 e. The molecule has 10 heteroatoms. The number of fused-ring (bicyclic) bond motifs is 1. The van der Waals surface area contributed by atoms with Gasteiger partial charge < -0.3 is 15.0 Å². The molecule has 0 saturated heterocycles. The van der Waals surface area contributed by atoms with Gasteiger partial charge in [-0.3, -0.25) is 0 Å². The smallest absolute Gasteiger partial charge is 0.407 e. The Kier molecular flexibility index (Phi) is 5.93. The van der Waals surface area contributed by atoms with E-state index in [0.717, 1.165) is 24.2 Å². The molecule has 2 heterocycles. The standard InChI is InChI=1S/C19H25F3N4O2S/c1-18(2,3)28-17(27)25-11-5-6-12(7-11)26(4)15-14-8-13(9-19(20,21)22)29-16(14)24-10-23-15/h8,10-12H,5-7,9H2,1-4H3,(H,25,27)/t11-,12+/m0/s1. The third kappa shape index (κ3) is 5.71. The van der Waals surface area contributed by atoms with Crippen molar-refractivity contribution in [3.05, 3.63) is 17.3 Å². The molecule has 2 aromatic rings. The highest BCUT2D eigenvalue weighted by Crippen LogP contribution is 2.35. The van der Waals surface area contributed by atoms with Crippen LogP contribution < -0.4 is 10.2 Å². The molecule has 1 fully saturated rings. The van der Waals surface area contributed by atoms with E-state index >= 15 is 0 Å². The number of halogens is 3. The first-order chi connectivity index (χ1) is 13.4. The summed E-state index contributed by atoms with van der Waals surface area (Å²) in [6.45, 7) is 5.43. The van der Waals surface area contributed by atoms with Crippen LogP contribution in [0.4, 0.5) is 23.8 Å². The molecule has 3 rings (SSSR count). The molecule has 0 bridgehead atoms. The number of aromatic nitrogens is 2. The maximum Gasteiger partial charge on any atom is 0.407 e. The number of hydrogen-bond donors (Lipinski definition) is 1. The highest BCUT2D eigenvalue weighted by molar-refractivity contribution is 7.18. The van der Waals surface area contributed by atoms with Crippen LogP contribution in [-0.2, 0) is 11.2 Å². The highest BCUT2D eigenvalue weighted by Gasteiger charge is 2.32. The van der Waals surface area contributed by atoms with Gasteiger partial charge in [-0.05, 0) is 46.1 Å². The van der Waals surface area contributed by atoms with Gasteiger partial charge in [0, 0.05) is 24.0 Å². The molecular formula is C19H25F3N4O2S. The summed E-state index contributed by atoms with van der Waals surface area (Å²) >= 11 is 1.04. The molecule has 1 saturated carbocycles. The van der Waals surface area contributed by atoms with Crippen molar-refractivity contribution in [2.75, 3.05) is 11.9 Å². The Morgan fingerprint density at radius 1 is 1.31 bits per heavy atom. The SMILES string of the molecule is CN(c1ncnc2sc(CC(F)(F)F)cc12)[C@@H]1CC[C@H](NC(=O)OC(C)(C)C)C1. The summed E-state index contributed by atoms with van der Waals surface area (Å²) in [6, 6.07) is 1.63. The molecule has 0 radical (unpaired) electrons. The summed E-state index contributed by atoms with van der Waals surface area (Å²) in [6.07, 6.45) is -1.94. The lowest BCUT2D eigenvalue weighted by molar-refractivity contribution is -0.126. The molecule has 2 atom stereocenters. The summed E-state index contributed by atoms with van der Waals surface area (Å²) in [5.74, 6) is 0.614. The summed E-state index contributed by atoms with van der Waals surface area (Å²) in [7, 11) is 1.88. The molecule has 1 aliphatic carbocycles. The van der Waals surface area contributed by atoms with E-state index in [2.05, 4.69) is 15.3 Å². The second kappa shape index (κ2) is 7.97. The molecule has 1 aliphatic rings. The number of alkyl halides is 3. The third-order valence-electron chi connectivity index (χ3n) is 4.74. The van der Waals surface area contributed by atoms with Gasteiger partial charge in [0.15, 0.2) is 0 Å². The molecule has 0 aromatic carbocycles. The Hall–Kier alpha value is -2.10. The van der Waals surface area contributed by atoms with E-state index in [9.17, 15) is 18.0 Å². The van der Waals surface area contributed by atoms with Crippen LogP contribution in [0.15, 0.2) is 12.4 Å². The van der Waals surface area contributed by atoms with Crippen LogP contribution in [0.25, 0.3) is 10.2 Å². The minimum absolute atomic E-state index is 0.0158. The van der Waals surface area contributed by atoms with Crippen molar-refractivity contribution in [2.24, 2.45) is 0 Å². The molecular weight excluding hydrogens is 405 g/mol. The van der Waals surface area contributed by atoms with Gasteiger partial charge >= 0.3 is 12.3 Å². The second-order valence-corrected chi connectivity index (χ2v) is 9.46. The van der Waals surface area contributed by atoms with E-state index < -0.39 is 24.3 Å². The normalized spacial score (nSPS) is 20.1. The summed E-state index contributed by atoms with van der Waals surface area (Å²) in [4.78, 5) is 23.2. The molecule has 1 N–H and O–H groups in total. The van der Waals surface area contributed by atoms with Crippen molar-refractivity contribution in [3.8, 4) is 0 Å². The molecule has 0 spiro atoms. The number of hydrogen-bond acceptors (Lipinski definition) is 6. The largest absolute Gasteiger partial charge is 0.444 e. The number of alkyl carbamates (subject to hydrolysis) is 1. The Labute approximate surface area is 171 Å². The maximum atomic E-state index is 12.7. The predicted molar refractivity (Wildman–Crippen MR) is 106 cm³/mol. The van der Waals surface area contributed by atoms with Gasteiger partial charge in [0.25, 0.3) is 0 Å². The number of carbonyl (C=O) groups is 1. The van der Waals surface area contributed by atoms with Gasteiger partial charge in [0.05, 0.1) is 11.8 Å². The first kappa shape index (κ1) is 21.6. The van der Waals surface area contributed by atoms with Crippen molar-refractivity contribution >= 4 is 33.5 Å². The lowest BCUT2D eigenvalue weighted by Gasteiger charge is -2.26. The van der Waals surface area contributed by atoms with Crippen molar-refractivity contribution in [3.63, 3.8) is 0 Å². The Balaban J connectivity index is 1.70. The van der Waals surface area contributed by atoms with Gasteiger partial charge in [0.2, 0.25) is 0 Å². The fraction of sp³-hybridized carbons (Fsp3) is 0.632. The van der Waals surface area contributed by atoms with Gasteiger partial charge in [-0.25, -0.2) is 14.8 Å². The monoisotopic (exact) mass is 430 g/mol. The van der Waals surface area contributed by atoms with Crippen molar-refractivity contribution < 1.29 is 22.7 Å². The van der Waals surface area contributed by atoms with Crippen molar-refractivity contribution in [2.45, 2.75) is 70.3 Å². The lowest BCUT2D eigenvalue weighted by atomic mass is 10.2. The Morgan fingerprint density at radius 2 is 2.03 bits per heavy atom. The number of carbonyl (C=O) groups excluding carboxylic acids is 1. The predicted octanol–water partition coefficient (Wildman–Crippen LogP) is 4.68. The number of nitrogens with zero attached hydrogens (tertiary/aromatic N) is 3. The van der Waals surface area contributed by atoms with Crippen LogP contribution in [0.2, 0.25) is 0 Å². The molecule has 0 aliphatic heterocycles. The van der Waals surface area contributed by atoms with Gasteiger partial charge in [-0.15, -0.1) is 11.3 Å². The zero-order valence-corrected chi connectivity index (χ0v) is 17.7. The summed E-state index contributed by atoms with van der Waals surface area (Å²) < 4.78 is 43.5. The average molecular weight is 430 g/mol. The topological polar surface area (TPSA) is 67.4 Å². The highest BCUT2D eigenvalue weighted by atomic mass is 32.1. The van der Waals surface area contributed by atoms with Gasteiger partial charge in [-0.1, -0.05) is 0 Å². The van der Waals surface area contributed by atoms with E-state index in [1.54, 1.807) is 0 Å². The molecule has 6 nitrogen and oxygen atoms in total. The fourth-order valence-electron chi connectivity index (χ4n) is 3.55. The van der Waals surface area contributed by atoms with E-state index in [1.165, 1.54) is 12.4 Å². The first-order valence-electron chi connectivity index (χ1n) is 9.44. The molecule has 1 amide bonds. The number of rotatable bonds is 4. The third-order valence-corrected chi connectivity index (χ3v) is 5.78. The molecule has 2 aromatic heterocycles. The minimum atomic E-state index is -4.26. The van der Waals surface area contributed by atoms with E-state index in [0.29, 0.717) is 22.5 Å². The number of thiophene rings is 1. The number of anilines is 1. The zero-order valence-electron chi connectivity index (χ0n) is 16.8. The fourth-order valence-corrected chi connectivity index (χ4v) is 4.57. The van der Waals surface area contributed by atoms with Gasteiger partial charge in [0.1, 0.15) is 22.6 Å². The maximum absolute atomic E-state index is 12.7. The van der Waals surface area contributed by atoms with Crippen molar-refractivity contribution in [1.29, 1.82) is 0 Å². The number of ether oxygens (including phenoxy) is 1. The molecule has 29 heavy (non-hydrogen) atoms. The Bertz CT molecular complexity index is 878. The van der Waals surface area contributed by atoms with Crippen LogP contribution in [-0.4, -0.2) is 47.0 Å². The van der Waals surface area contributed by atoms with Gasteiger partial charge in [-0.2, -0.15) is 13.2 Å². The Morgan fingerprint density at radius 3 is 2.69 bits per heavy atom.